The first kappa shape index (κ1) is 25.4. The molecule has 0 amide bonds. The summed E-state index contributed by atoms with van der Waals surface area (Å²) >= 11 is 0. The molecule has 0 fully saturated rings. The Morgan fingerprint density at radius 3 is 1.71 bits per heavy atom. The summed E-state index contributed by atoms with van der Waals surface area (Å²) in [6, 6.07) is 52.2. The lowest BCUT2D eigenvalue weighted by molar-refractivity contribution is 0.669. The molecule has 0 aliphatic rings. The van der Waals surface area contributed by atoms with Gasteiger partial charge in [0.2, 0.25) is 0 Å². The third-order valence-electron chi connectivity index (χ3n) is 8.54. The smallest absolute Gasteiger partial charge is 0.164 e. The lowest BCUT2D eigenvalue weighted by Crippen LogP contribution is -2.01. The van der Waals surface area contributed by atoms with Crippen LogP contribution in [0.2, 0.25) is 0 Å². The summed E-state index contributed by atoms with van der Waals surface area (Å²) in [6.07, 6.45) is 0. The second kappa shape index (κ2) is 10.2. The third-order valence-corrected chi connectivity index (χ3v) is 8.54. The van der Waals surface area contributed by atoms with Crippen LogP contribution in [0.15, 0.2) is 156 Å². The molecule has 0 bridgehead atoms. The maximum absolute atomic E-state index is 6.23. The summed E-state index contributed by atoms with van der Waals surface area (Å²) in [5, 5.41) is 6.66. The fraction of sp³-hybridized carbons (Fsp3) is 0. The second-order valence-corrected chi connectivity index (χ2v) is 11.2. The number of rotatable bonds is 4. The highest BCUT2D eigenvalue weighted by Crippen LogP contribution is 2.38. The van der Waals surface area contributed by atoms with E-state index < -0.39 is 0 Å². The van der Waals surface area contributed by atoms with Crippen molar-refractivity contribution < 1.29 is 4.42 Å². The Morgan fingerprint density at radius 1 is 0.333 bits per heavy atom. The molecule has 7 aromatic carbocycles. The molecule has 0 aliphatic heterocycles. The minimum atomic E-state index is 0.608. The molecule has 4 nitrogen and oxygen atoms in total. The highest BCUT2D eigenvalue weighted by Gasteiger charge is 2.19. The molecule has 0 atom stereocenters. The maximum atomic E-state index is 6.23. The first-order valence-electron chi connectivity index (χ1n) is 15.0. The topological polar surface area (TPSA) is 51.8 Å². The van der Waals surface area contributed by atoms with E-state index in [-0.39, 0.29) is 0 Å². The Morgan fingerprint density at radius 2 is 0.889 bits per heavy atom. The fourth-order valence-corrected chi connectivity index (χ4v) is 6.39. The van der Waals surface area contributed by atoms with Crippen molar-refractivity contribution in [2.45, 2.75) is 0 Å². The van der Waals surface area contributed by atoms with Gasteiger partial charge in [-0.05, 0) is 39.4 Å². The normalized spacial score (nSPS) is 11.6. The SMILES string of the molecule is c1ccc(-c2ccc(-c3nc(-c4cccc5ccc6ccccc6c45)nc(-c4cccc5oc6ccccc6c45)n3)cc2)cc1. The maximum Gasteiger partial charge on any atom is 0.164 e. The van der Waals surface area contributed by atoms with Crippen molar-refractivity contribution in [2.24, 2.45) is 0 Å². The first-order chi connectivity index (χ1) is 22.3. The van der Waals surface area contributed by atoms with Crippen molar-refractivity contribution >= 4 is 43.5 Å². The Kier molecular flexibility index (Phi) is 5.78. The van der Waals surface area contributed by atoms with Crippen LogP contribution in [0.3, 0.4) is 0 Å². The predicted octanol–water partition coefficient (Wildman–Crippen LogP) is 10.7. The van der Waals surface area contributed by atoms with Crippen LogP contribution in [-0.2, 0) is 0 Å². The molecule has 0 N–H and O–H groups in total. The molecule has 2 aromatic heterocycles. The zero-order valence-corrected chi connectivity index (χ0v) is 24.2. The fourth-order valence-electron chi connectivity index (χ4n) is 6.39. The lowest BCUT2D eigenvalue weighted by atomic mass is 9.97. The minimum absolute atomic E-state index is 0.608. The molecule has 4 heteroatoms. The van der Waals surface area contributed by atoms with Gasteiger partial charge in [-0.25, -0.2) is 15.0 Å². The molecule has 0 aliphatic carbocycles. The van der Waals surface area contributed by atoms with E-state index in [1.54, 1.807) is 0 Å². The zero-order chi connectivity index (χ0) is 29.7. The highest BCUT2D eigenvalue weighted by atomic mass is 16.3. The van der Waals surface area contributed by atoms with Gasteiger partial charge in [0.15, 0.2) is 17.5 Å². The monoisotopic (exact) mass is 575 g/mol. The van der Waals surface area contributed by atoms with E-state index in [1.165, 1.54) is 16.3 Å². The molecule has 0 spiro atoms. The number of nitrogens with zero attached hydrogens (tertiary/aromatic N) is 3. The Bertz CT molecular complexity index is 2530. The number of hydrogen-bond donors (Lipinski definition) is 0. The summed E-state index contributed by atoms with van der Waals surface area (Å²) in [5.74, 6) is 1.86. The Hall–Kier alpha value is -6.13. The van der Waals surface area contributed by atoms with Gasteiger partial charge in [-0.15, -0.1) is 0 Å². The van der Waals surface area contributed by atoms with Crippen LogP contribution >= 0.6 is 0 Å². The van der Waals surface area contributed by atoms with Crippen molar-refractivity contribution in [3.05, 3.63) is 152 Å². The summed E-state index contributed by atoms with van der Waals surface area (Å²) < 4.78 is 6.23. The average molecular weight is 576 g/mol. The second-order valence-electron chi connectivity index (χ2n) is 11.2. The van der Waals surface area contributed by atoms with E-state index in [0.717, 1.165) is 55.0 Å². The standard InChI is InChI=1S/C41H25N3O/c1-2-10-26(11-3-1)27-20-24-30(25-21-27)39-42-40(33-16-8-13-29-23-22-28-12-4-5-14-31(28)37(29)33)44-41(43-39)34-17-9-19-36-38(34)32-15-6-7-18-35(32)45-36/h1-25H. The summed E-state index contributed by atoms with van der Waals surface area (Å²) in [5.41, 5.74) is 6.76. The quantitative estimate of drug-likeness (QED) is 0.196. The Balaban J connectivity index is 1.31. The largest absolute Gasteiger partial charge is 0.456 e. The predicted molar refractivity (Wildman–Crippen MR) is 184 cm³/mol. The van der Waals surface area contributed by atoms with E-state index in [2.05, 4.69) is 115 Å². The van der Waals surface area contributed by atoms with Gasteiger partial charge in [-0.1, -0.05) is 140 Å². The molecule has 0 saturated heterocycles. The third kappa shape index (κ3) is 4.27. The lowest BCUT2D eigenvalue weighted by Gasteiger charge is -2.12. The van der Waals surface area contributed by atoms with Crippen LogP contribution in [-0.4, -0.2) is 15.0 Å². The minimum Gasteiger partial charge on any atom is -0.456 e. The van der Waals surface area contributed by atoms with Gasteiger partial charge >= 0.3 is 0 Å². The molecule has 0 radical (unpaired) electrons. The van der Waals surface area contributed by atoms with Gasteiger partial charge in [-0.3, -0.25) is 0 Å². The average Bonchev–Trinajstić information content (AvgIpc) is 3.50. The molecule has 9 rings (SSSR count). The summed E-state index contributed by atoms with van der Waals surface area (Å²) in [7, 11) is 0. The van der Waals surface area contributed by atoms with Crippen LogP contribution in [0, 0.1) is 0 Å². The van der Waals surface area contributed by atoms with Gasteiger partial charge < -0.3 is 4.42 Å². The van der Waals surface area contributed by atoms with Crippen LogP contribution < -0.4 is 0 Å². The number of aromatic nitrogens is 3. The molecule has 45 heavy (non-hydrogen) atoms. The van der Waals surface area contributed by atoms with E-state index in [4.69, 9.17) is 19.4 Å². The van der Waals surface area contributed by atoms with Crippen molar-refractivity contribution in [2.75, 3.05) is 0 Å². The molecule has 2 heterocycles. The first-order valence-corrected chi connectivity index (χ1v) is 15.0. The summed E-state index contributed by atoms with van der Waals surface area (Å²) in [4.78, 5) is 15.5. The highest BCUT2D eigenvalue weighted by molar-refractivity contribution is 6.14. The van der Waals surface area contributed by atoms with Crippen molar-refractivity contribution in [1.82, 2.24) is 15.0 Å². The molecular weight excluding hydrogens is 550 g/mol. The molecule has 9 aromatic rings. The van der Waals surface area contributed by atoms with Crippen LogP contribution in [0.25, 0.3) is 88.8 Å². The zero-order valence-electron chi connectivity index (χ0n) is 24.2. The summed E-state index contributed by atoms with van der Waals surface area (Å²) in [6.45, 7) is 0. The van der Waals surface area contributed by atoms with E-state index in [0.29, 0.717) is 17.5 Å². The molecule has 0 unspecified atom stereocenters. The van der Waals surface area contributed by atoms with E-state index in [1.807, 2.05) is 36.4 Å². The van der Waals surface area contributed by atoms with Crippen LogP contribution in [0.1, 0.15) is 0 Å². The van der Waals surface area contributed by atoms with Crippen LogP contribution in [0.5, 0.6) is 0 Å². The number of para-hydroxylation sites is 1. The number of furan rings is 1. The van der Waals surface area contributed by atoms with Crippen molar-refractivity contribution in [1.29, 1.82) is 0 Å². The molecule has 0 saturated carbocycles. The van der Waals surface area contributed by atoms with E-state index in [9.17, 15) is 0 Å². The Labute approximate surface area is 259 Å². The van der Waals surface area contributed by atoms with E-state index >= 15 is 0 Å². The number of fused-ring (bicyclic) bond motifs is 6. The van der Waals surface area contributed by atoms with Gasteiger partial charge in [-0.2, -0.15) is 0 Å². The number of benzene rings is 7. The van der Waals surface area contributed by atoms with Gasteiger partial charge in [0.05, 0.1) is 0 Å². The van der Waals surface area contributed by atoms with Gasteiger partial charge in [0.1, 0.15) is 11.2 Å². The molecular formula is C41H25N3O. The van der Waals surface area contributed by atoms with Gasteiger partial charge in [0, 0.05) is 32.8 Å². The van der Waals surface area contributed by atoms with Gasteiger partial charge in [0.25, 0.3) is 0 Å². The van der Waals surface area contributed by atoms with Crippen molar-refractivity contribution in [3.63, 3.8) is 0 Å². The number of hydrogen-bond acceptors (Lipinski definition) is 4. The van der Waals surface area contributed by atoms with Crippen molar-refractivity contribution in [3.8, 4) is 45.3 Å². The van der Waals surface area contributed by atoms with Crippen LogP contribution in [0.4, 0.5) is 0 Å². The molecule has 210 valence electrons.